The molecule has 6 rings (SSSR count). The van der Waals surface area contributed by atoms with Gasteiger partial charge in [0.25, 0.3) is 5.91 Å². The van der Waals surface area contributed by atoms with Gasteiger partial charge in [-0.05, 0) is 47.9 Å². The number of cyclic esters (lactones) is 1. The third-order valence-corrected chi connectivity index (χ3v) is 13.8. The van der Waals surface area contributed by atoms with E-state index >= 15 is 0 Å². The Balaban J connectivity index is 1.48. The second-order valence-electron chi connectivity index (χ2n) is 12.0. The summed E-state index contributed by atoms with van der Waals surface area (Å²) in [5.41, 5.74) is 2.06. The number of anilines is 2. The number of ether oxygens (including phenoxy) is 3. The molecular weight excluding hydrogens is 548 g/mol. The first-order valence-corrected chi connectivity index (χ1v) is 17.7. The molecule has 0 unspecified atom stereocenters. The predicted molar refractivity (Wildman–Crippen MR) is 164 cm³/mol. The van der Waals surface area contributed by atoms with E-state index in [0.29, 0.717) is 31.8 Å². The molecule has 3 aliphatic heterocycles. The van der Waals surface area contributed by atoms with Crippen LogP contribution in [-0.4, -0.2) is 58.2 Å². The van der Waals surface area contributed by atoms with Gasteiger partial charge in [0.15, 0.2) is 5.60 Å². The van der Waals surface area contributed by atoms with Gasteiger partial charge in [0.2, 0.25) is 0 Å². The van der Waals surface area contributed by atoms with Gasteiger partial charge in [-0.15, -0.1) is 0 Å². The average Bonchev–Trinajstić information content (AvgIpc) is 3.63. The van der Waals surface area contributed by atoms with E-state index in [1.807, 2.05) is 65.6 Å². The summed E-state index contributed by atoms with van der Waals surface area (Å²) in [5, 5.41) is 11.4. The van der Waals surface area contributed by atoms with Crippen molar-refractivity contribution >= 4 is 36.6 Å². The zero-order chi connectivity index (χ0) is 29.6. The molecule has 1 N–H and O–H groups in total. The minimum Gasteiger partial charge on any atom is -0.497 e. The number of aliphatic hydroxyl groups excluding tert-OH is 1. The van der Waals surface area contributed by atoms with Crippen LogP contribution in [0.3, 0.4) is 0 Å². The maximum atomic E-state index is 14.8. The van der Waals surface area contributed by atoms with Crippen LogP contribution in [0.25, 0.3) is 0 Å². The molecule has 0 bridgehead atoms. The molecule has 0 aliphatic carbocycles. The van der Waals surface area contributed by atoms with Crippen molar-refractivity contribution in [3.63, 3.8) is 0 Å². The molecule has 1 spiro atoms. The number of aliphatic hydroxyl groups is 1. The van der Waals surface area contributed by atoms with E-state index in [2.05, 4.69) is 32.2 Å². The lowest BCUT2D eigenvalue weighted by molar-refractivity contribution is -0.146. The van der Waals surface area contributed by atoms with E-state index in [1.54, 1.807) is 12.0 Å². The Morgan fingerprint density at radius 3 is 2.43 bits per heavy atom. The fourth-order valence-corrected chi connectivity index (χ4v) is 11.5. The molecule has 8 nitrogen and oxygen atoms in total. The van der Waals surface area contributed by atoms with Crippen molar-refractivity contribution in [1.82, 2.24) is 0 Å². The van der Waals surface area contributed by atoms with Crippen LogP contribution in [0.5, 0.6) is 5.75 Å². The fourth-order valence-electron chi connectivity index (χ4n) is 7.42. The van der Waals surface area contributed by atoms with Crippen molar-refractivity contribution in [2.75, 3.05) is 36.7 Å². The highest BCUT2D eigenvalue weighted by molar-refractivity contribution is 6.91. The number of amides is 2. The van der Waals surface area contributed by atoms with Crippen LogP contribution in [0.4, 0.5) is 16.2 Å². The summed E-state index contributed by atoms with van der Waals surface area (Å²) in [6, 6.07) is 23.9. The second-order valence-corrected chi connectivity index (χ2v) is 16.7. The molecular formula is C33H38N2O6Si. The van der Waals surface area contributed by atoms with E-state index < -0.39 is 13.7 Å². The Bertz CT molecular complexity index is 1480. The summed E-state index contributed by atoms with van der Waals surface area (Å²) >= 11 is 0. The third-order valence-electron chi connectivity index (χ3n) is 9.49. The largest absolute Gasteiger partial charge is 0.497 e. The quantitative estimate of drug-likeness (QED) is 0.382. The highest BCUT2D eigenvalue weighted by atomic mass is 28.3. The second kappa shape index (κ2) is 10.9. The normalized spacial score (nSPS) is 25.3. The zero-order valence-electron chi connectivity index (χ0n) is 24.6. The zero-order valence-corrected chi connectivity index (χ0v) is 25.6. The topological polar surface area (TPSA) is 88.5 Å². The number of carbonyl (C=O) groups is 2. The molecule has 2 amide bonds. The predicted octanol–water partition coefficient (Wildman–Crippen LogP) is 4.80. The fraction of sp³-hybridized carbons (Fsp3) is 0.394. The van der Waals surface area contributed by atoms with Crippen molar-refractivity contribution in [3.05, 3.63) is 83.9 Å². The molecule has 2 saturated heterocycles. The van der Waals surface area contributed by atoms with Crippen LogP contribution in [-0.2, 0) is 26.4 Å². The SMILES string of the molecule is COc1ccc([Si](C)(C)[C@H]2[C@H](CCO)O[C@@]3(C(=O)N(Cc4ccccc4)c4ccc(N5CCOC5=O)cc43)[C@@H]2C)cc1. The molecule has 220 valence electrons. The van der Waals surface area contributed by atoms with Gasteiger partial charge in [-0.2, -0.15) is 0 Å². The molecule has 3 aromatic rings. The lowest BCUT2D eigenvalue weighted by atomic mass is 9.82. The summed E-state index contributed by atoms with van der Waals surface area (Å²) in [6.45, 7) is 7.93. The van der Waals surface area contributed by atoms with E-state index in [1.165, 1.54) is 5.19 Å². The van der Waals surface area contributed by atoms with Crippen LogP contribution in [0.2, 0.25) is 18.6 Å². The number of rotatable bonds is 8. The van der Waals surface area contributed by atoms with Gasteiger partial charge < -0.3 is 24.2 Å². The number of carbonyl (C=O) groups excluding carboxylic acids is 2. The minimum atomic E-state index is -2.28. The number of benzene rings is 3. The van der Waals surface area contributed by atoms with Gasteiger partial charge in [0.1, 0.15) is 12.4 Å². The lowest BCUT2D eigenvalue weighted by Gasteiger charge is -2.37. The Morgan fingerprint density at radius 2 is 1.79 bits per heavy atom. The van der Waals surface area contributed by atoms with Crippen molar-refractivity contribution in [1.29, 1.82) is 0 Å². The summed E-state index contributed by atoms with van der Waals surface area (Å²) in [6.07, 6.45) is -0.274. The van der Waals surface area contributed by atoms with Gasteiger partial charge >= 0.3 is 6.09 Å². The van der Waals surface area contributed by atoms with E-state index in [9.17, 15) is 14.7 Å². The molecule has 3 heterocycles. The van der Waals surface area contributed by atoms with Crippen LogP contribution >= 0.6 is 0 Å². The minimum absolute atomic E-state index is 0.0342. The summed E-state index contributed by atoms with van der Waals surface area (Å²) in [4.78, 5) is 30.7. The van der Waals surface area contributed by atoms with Crippen LogP contribution in [0.15, 0.2) is 72.8 Å². The number of hydrogen-bond donors (Lipinski definition) is 1. The average molecular weight is 587 g/mol. The lowest BCUT2D eigenvalue weighted by Crippen LogP contribution is -2.51. The Labute approximate surface area is 247 Å². The summed E-state index contributed by atoms with van der Waals surface area (Å²) in [5.74, 6) is 0.512. The Morgan fingerprint density at radius 1 is 1.05 bits per heavy atom. The number of hydrogen-bond acceptors (Lipinski definition) is 6. The van der Waals surface area contributed by atoms with Gasteiger partial charge in [-0.25, -0.2) is 4.79 Å². The molecule has 0 aromatic heterocycles. The first-order valence-electron chi connectivity index (χ1n) is 14.6. The van der Waals surface area contributed by atoms with Gasteiger partial charge in [0.05, 0.1) is 40.1 Å². The van der Waals surface area contributed by atoms with E-state index in [0.717, 1.165) is 22.6 Å². The van der Waals surface area contributed by atoms with Crippen molar-refractivity contribution in [2.24, 2.45) is 5.92 Å². The molecule has 2 fully saturated rings. The van der Waals surface area contributed by atoms with E-state index in [-0.39, 0.29) is 36.2 Å². The van der Waals surface area contributed by atoms with Gasteiger partial charge in [-0.3, -0.25) is 9.69 Å². The van der Waals surface area contributed by atoms with Crippen LogP contribution in [0.1, 0.15) is 24.5 Å². The molecule has 3 aromatic carbocycles. The maximum absolute atomic E-state index is 14.8. The Hall–Kier alpha value is -3.66. The number of methoxy groups -OCH3 is 1. The smallest absolute Gasteiger partial charge is 0.414 e. The first kappa shape index (κ1) is 28.5. The molecule has 0 radical (unpaired) electrons. The number of fused-ring (bicyclic) bond motifs is 2. The van der Waals surface area contributed by atoms with Crippen molar-refractivity contribution < 1.29 is 28.9 Å². The van der Waals surface area contributed by atoms with E-state index in [4.69, 9.17) is 14.2 Å². The molecule has 42 heavy (non-hydrogen) atoms. The summed E-state index contributed by atoms with van der Waals surface area (Å²) in [7, 11) is -0.624. The molecule has 4 atom stereocenters. The molecule has 9 heteroatoms. The van der Waals surface area contributed by atoms with Gasteiger partial charge in [0, 0.05) is 23.8 Å². The van der Waals surface area contributed by atoms with Crippen LogP contribution in [0, 0.1) is 5.92 Å². The molecule has 0 saturated carbocycles. The first-order chi connectivity index (χ1) is 20.2. The monoisotopic (exact) mass is 586 g/mol. The highest BCUT2D eigenvalue weighted by Gasteiger charge is 2.66. The van der Waals surface area contributed by atoms with Crippen molar-refractivity contribution in [3.8, 4) is 5.75 Å². The van der Waals surface area contributed by atoms with Gasteiger partial charge in [-0.1, -0.05) is 67.7 Å². The van der Waals surface area contributed by atoms with Crippen molar-refractivity contribution in [2.45, 2.75) is 50.2 Å². The van der Waals surface area contributed by atoms with Crippen LogP contribution < -0.4 is 19.7 Å². The molecule has 3 aliphatic rings. The Kier molecular flexibility index (Phi) is 7.37. The number of nitrogens with zero attached hydrogens (tertiary/aromatic N) is 2. The summed E-state index contributed by atoms with van der Waals surface area (Å²) < 4.78 is 17.6. The standard InChI is InChI=1S/C33H38N2O6Si/c1-22-30(42(3,4)26-13-11-25(39-2)12-14-26)29(16-18-36)41-33(22)27-20-24(34-17-19-40-32(34)38)10-15-28(27)35(31(33)37)21-23-8-6-5-7-9-23/h5-15,20,22,29-30,36H,16-19,21H2,1-4H3/t22-,29+,30-,33+/m1/s1. The third kappa shape index (κ3) is 4.42. The maximum Gasteiger partial charge on any atom is 0.414 e. The highest BCUT2D eigenvalue weighted by Crippen LogP contribution is 2.60.